The monoisotopic (exact) mass is 195 g/mol. The molecule has 3 atom stereocenters. The van der Waals surface area contributed by atoms with Gasteiger partial charge < -0.3 is 0 Å². The summed E-state index contributed by atoms with van der Waals surface area (Å²) >= 11 is 1.51. The quantitative estimate of drug-likeness (QED) is 0.599. The van der Waals surface area contributed by atoms with Crippen LogP contribution < -0.4 is 0 Å². The summed E-state index contributed by atoms with van der Waals surface area (Å²) in [7, 11) is 0. The maximum atomic E-state index is 8.75. The summed E-state index contributed by atoms with van der Waals surface area (Å²) < 4.78 is 0. The number of thiocyanates is 1. The van der Waals surface area contributed by atoms with Crippen LogP contribution in [0.1, 0.15) is 40.0 Å². The SMILES string of the molecule is CC1(C)[C@@H]2CC[C@]1(C)C(SC#N)C2. The zero-order chi connectivity index (χ0) is 9.69. The Hall–Kier alpha value is -0.160. The third-order valence-corrected chi connectivity index (χ3v) is 6.01. The minimum Gasteiger partial charge on any atom is -0.185 e. The molecule has 2 aliphatic rings. The van der Waals surface area contributed by atoms with E-state index in [9.17, 15) is 0 Å². The molecule has 0 aromatic carbocycles. The molecule has 2 aliphatic carbocycles. The van der Waals surface area contributed by atoms with Crippen molar-refractivity contribution < 1.29 is 0 Å². The molecule has 0 aromatic heterocycles. The van der Waals surface area contributed by atoms with Crippen LogP contribution in [0.3, 0.4) is 0 Å². The van der Waals surface area contributed by atoms with Crippen molar-refractivity contribution in [2.24, 2.45) is 16.7 Å². The minimum atomic E-state index is 0.415. The van der Waals surface area contributed by atoms with E-state index in [0.717, 1.165) is 5.92 Å². The van der Waals surface area contributed by atoms with Crippen molar-refractivity contribution in [2.45, 2.75) is 45.3 Å². The zero-order valence-corrected chi connectivity index (χ0v) is 9.45. The summed E-state index contributed by atoms with van der Waals surface area (Å²) in [5, 5.41) is 11.6. The van der Waals surface area contributed by atoms with Crippen molar-refractivity contribution in [3.63, 3.8) is 0 Å². The molecular weight excluding hydrogens is 178 g/mol. The molecule has 0 N–H and O–H groups in total. The van der Waals surface area contributed by atoms with Crippen molar-refractivity contribution in [3.8, 4) is 5.40 Å². The third kappa shape index (κ3) is 1.00. The highest BCUT2D eigenvalue weighted by Crippen LogP contribution is 2.68. The molecular formula is C11H17NS. The summed E-state index contributed by atoms with van der Waals surface area (Å²) in [6.07, 6.45) is 3.97. The van der Waals surface area contributed by atoms with Gasteiger partial charge in [-0.2, -0.15) is 5.26 Å². The van der Waals surface area contributed by atoms with Crippen molar-refractivity contribution in [1.29, 1.82) is 5.26 Å². The predicted molar refractivity (Wildman–Crippen MR) is 56.2 cm³/mol. The molecule has 2 saturated carbocycles. The predicted octanol–water partition coefficient (Wildman–Crippen LogP) is 3.42. The smallest absolute Gasteiger partial charge is 0.133 e. The van der Waals surface area contributed by atoms with Gasteiger partial charge in [0.25, 0.3) is 0 Å². The highest BCUT2D eigenvalue weighted by atomic mass is 32.2. The van der Waals surface area contributed by atoms with Crippen LogP contribution in [0.4, 0.5) is 0 Å². The van der Waals surface area contributed by atoms with Gasteiger partial charge in [-0.3, -0.25) is 0 Å². The van der Waals surface area contributed by atoms with Crippen LogP contribution in [0.2, 0.25) is 0 Å². The summed E-state index contributed by atoms with van der Waals surface area (Å²) in [5.74, 6) is 0.864. The fraction of sp³-hybridized carbons (Fsp3) is 0.909. The summed E-state index contributed by atoms with van der Waals surface area (Å²) in [6, 6.07) is 0. The van der Waals surface area contributed by atoms with E-state index in [1.807, 2.05) is 0 Å². The molecule has 0 saturated heterocycles. The number of fused-ring (bicyclic) bond motifs is 2. The number of nitriles is 1. The van der Waals surface area contributed by atoms with Crippen LogP contribution in [0.25, 0.3) is 0 Å². The maximum Gasteiger partial charge on any atom is 0.133 e. The van der Waals surface area contributed by atoms with Crippen molar-refractivity contribution in [1.82, 2.24) is 0 Å². The van der Waals surface area contributed by atoms with Gasteiger partial charge in [-0.15, -0.1) is 0 Å². The van der Waals surface area contributed by atoms with Gasteiger partial charge in [0.2, 0.25) is 0 Å². The van der Waals surface area contributed by atoms with Gasteiger partial charge in [0.15, 0.2) is 0 Å². The lowest BCUT2D eigenvalue weighted by molar-refractivity contribution is 0.157. The molecule has 72 valence electrons. The van der Waals surface area contributed by atoms with Crippen LogP contribution in [-0.2, 0) is 0 Å². The number of thioether (sulfide) groups is 1. The Bertz CT molecular complexity index is 266. The van der Waals surface area contributed by atoms with Gasteiger partial charge in [-0.05, 0) is 47.8 Å². The Balaban J connectivity index is 2.29. The van der Waals surface area contributed by atoms with Gasteiger partial charge in [0.05, 0.1) is 0 Å². The molecule has 2 rings (SSSR count). The highest BCUT2D eigenvalue weighted by Gasteiger charge is 2.61. The highest BCUT2D eigenvalue weighted by molar-refractivity contribution is 8.04. The summed E-state index contributed by atoms with van der Waals surface area (Å²) in [5.41, 5.74) is 0.875. The van der Waals surface area contributed by atoms with Gasteiger partial charge >= 0.3 is 0 Å². The van der Waals surface area contributed by atoms with Crippen LogP contribution in [0.5, 0.6) is 0 Å². The minimum absolute atomic E-state index is 0.415. The Morgan fingerprint density at radius 3 is 2.46 bits per heavy atom. The second kappa shape index (κ2) is 2.67. The van der Waals surface area contributed by atoms with E-state index < -0.39 is 0 Å². The third-order valence-electron chi connectivity index (χ3n) is 4.91. The fourth-order valence-electron chi connectivity index (χ4n) is 3.37. The second-order valence-corrected chi connectivity index (χ2v) is 6.30. The van der Waals surface area contributed by atoms with E-state index in [-0.39, 0.29) is 0 Å². The first-order valence-electron chi connectivity index (χ1n) is 5.07. The molecule has 1 unspecified atom stereocenters. The van der Waals surface area contributed by atoms with Gasteiger partial charge in [0, 0.05) is 5.25 Å². The average molecular weight is 195 g/mol. The maximum absolute atomic E-state index is 8.75. The largest absolute Gasteiger partial charge is 0.185 e. The lowest BCUT2D eigenvalue weighted by Crippen LogP contribution is -2.33. The topological polar surface area (TPSA) is 23.8 Å². The number of rotatable bonds is 1. The summed E-state index contributed by atoms with van der Waals surface area (Å²) in [6.45, 7) is 7.17. The summed E-state index contributed by atoms with van der Waals surface area (Å²) in [4.78, 5) is 0. The molecule has 0 spiro atoms. The molecule has 0 amide bonds. The number of nitrogens with zero attached hydrogens (tertiary/aromatic N) is 1. The first-order chi connectivity index (χ1) is 6.02. The molecule has 2 bridgehead atoms. The molecule has 0 aromatic rings. The second-order valence-electron chi connectivity index (χ2n) is 5.31. The normalized spacial score (nSPS) is 46.3. The van der Waals surface area contributed by atoms with Crippen LogP contribution in [0.15, 0.2) is 0 Å². The van der Waals surface area contributed by atoms with E-state index in [1.165, 1.54) is 31.0 Å². The fourth-order valence-corrected chi connectivity index (χ4v) is 4.51. The van der Waals surface area contributed by atoms with E-state index in [1.54, 1.807) is 0 Å². The van der Waals surface area contributed by atoms with Gasteiger partial charge in [-0.25, -0.2) is 0 Å². The number of hydrogen-bond donors (Lipinski definition) is 0. The molecule has 13 heavy (non-hydrogen) atoms. The van der Waals surface area contributed by atoms with E-state index in [2.05, 4.69) is 26.2 Å². The molecule has 2 fully saturated rings. The van der Waals surface area contributed by atoms with Crippen molar-refractivity contribution in [2.75, 3.05) is 0 Å². The Kier molecular flexibility index (Phi) is 1.93. The molecule has 0 heterocycles. The molecule has 0 aliphatic heterocycles. The van der Waals surface area contributed by atoms with E-state index in [4.69, 9.17) is 5.26 Å². The molecule has 0 radical (unpaired) electrons. The van der Waals surface area contributed by atoms with Crippen LogP contribution in [-0.4, -0.2) is 5.25 Å². The Morgan fingerprint density at radius 1 is 1.38 bits per heavy atom. The Labute approximate surface area is 84.9 Å². The van der Waals surface area contributed by atoms with E-state index in [0.29, 0.717) is 16.1 Å². The van der Waals surface area contributed by atoms with Crippen LogP contribution >= 0.6 is 11.8 Å². The first kappa shape index (κ1) is 9.40. The molecule has 2 heteroatoms. The number of hydrogen-bond acceptors (Lipinski definition) is 2. The Morgan fingerprint density at radius 2 is 2.08 bits per heavy atom. The van der Waals surface area contributed by atoms with E-state index >= 15 is 0 Å². The van der Waals surface area contributed by atoms with Crippen molar-refractivity contribution >= 4 is 11.8 Å². The lowest BCUT2D eigenvalue weighted by atomic mass is 9.71. The first-order valence-corrected chi connectivity index (χ1v) is 5.95. The molecule has 1 nitrogen and oxygen atoms in total. The standard InChI is InChI=1S/C11H17NS/c1-10(2)8-4-5-11(10,3)9(6-8)13-7-12/h8-9H,4-6H2,1-3H3/t8-,9?,11-/m1/s1. The lowest BCUT2D eigenvalue weighted by Gasteiger charge is -2.37. The zero-order valence-electron chi connectivity index (χ0n) is 8.63. The van der Waals surface area contributed by atoms with Gasteiger partial charge in [-0.1, -0.05) is 20.8 Å². The average Bonchev–Trinajstić information content (AvgIpc) is 2.37. The van der Waals surface area contributed by atoms with Crippen molar-refractivity contribution in [3.05, 3.63) is 0 Å². The van der Waals surface area contributed by atoms with Crippen LogP contribution in [0, 0.1) is 27.4 Å². The van der Waals surface area contributed by atoms with Gasteiger partial charge in [0.1, 0.15) is 5.40 Å².